The number of hydrogen-bond acceptors (Lipinski definition) is 4. The molecule has 0 atom stereocenters. The third kappa shape index (κ3) is 7.44. The van der Waals surface area contributed by atoms with Crippen molar-refractivity contribution < 1.29 is 14.3 Å². The van der Waals surface area contributed by atoms with E-state index in [2.05, 4.69) is 21.9 Å². The molecule has 0 aliphatic carbocycles. The number of hydrazone groups is 1. The van der Waals surface area contributed by atoms with Gasteiger partial charge in [0, 0.05) is 5.69 Å². The van der Waals surface area contributed by atoms with Crippen molar-refractivity contribution in [3.05, 3.63) is 95.1 Å². The lowest BCUT2D eigenvalue weighted by Gasteiger charge is -2.07. The molecule has 0 bridgehead atoms. The summed E-state index contributed by atoms with van der Waals surface area (Å²) in [4.78, 5) is 23.8. The Labute approximate surface area is 182 Å². The van der Waals surface area contributed by atoms with Gasteiger partial charge in [0.2, 0.25) is 11.8 Å². The highest BCUT2D eigenvalue weighted by Gasteiger charge is 2.08. The molecule has 6 nitrogen and oxygen atoms in total. The molecule has 0 spiro atoms. The number of rotatable bonds is 8. The minimum Gasteiger partial charge on any atom is -0.489 e. The highest BCUT2D eigenvalue weighted by molar-refractivity contribution is 6.03. The van der Waals surface area contributed by atoms with Crippen molar-refractivity contribution in [1.82, 2.24) is 5.43 Å². The van der Waals surface area contributed by atoms with E-state index in [1.54, 1.807) is 12.1 Å². The number of aryl methyl sites for hydroxylation is 2. The molecule has 3 aromatic rings. The number of hydrogen-bond donors (Lipinski definition) is 2. The summed E-state index contributed by atoms with van der Waals surface area (Å²) >= 11 is 0. The maximum Gasteiger partial charge on any atom is 0.249 e. The van der Waals surface area contributed by atoms with Crippen LogP contribution in [-0.4, -0.2) is 18.0 Å². The normalized spacial score (nSPS) is 10.6. The molecule has 0 aliphatic heterocycles. The first-order valence-corrected chi connectivity index (χ1v) is 9.95. The van der Waals surface area contributed by atoms with Crippen LogP contribution in [0, 0.1) is 13.8 Å². The molecule has 0 aliphatic rings. The summed E-state index contributed by atoms with van der Waals surface area (Å²) in [5, 5.41) is 6.58. The average Bonchev–Trinajstić information content (AvgIpc) is 2.75. The molecular weight excluding hydrogens is 390 g/mol. The van der Waals surface area contributed by atoms with Gasteiger partial charge in [-0.2, -0.15) is 5.10 Å². The summed E-state index contributed by atoms with van der Waals surface area (Å²) in [5.74, 6) is -0.138. The zero-order valence-corrected chi connectivity index (χ0v) is 17.6. The van der Waals surface area contributed by atoms with Crippen LogP contribution in [0.4, 0.5) is 5.69 Å². The van der Waals surface area contributed by atoms with Gasteiger partial charge in [0.05, 0.1) is 6.21 Å². The molecule has 0 heterocycles. The summed E-state index contributed by atoms with van der Waals surface area (Å²) < 4.78 is 5.79. The number of nitrogens with zero attached hydrogens (tertiary/aromatic N) is 1. The van der Waals surface area contributed by atoms with Gasteiger partial charge in [0.1, 0.15) is 18.8 Å². The van der Waals surface area contributed by atoms with Gasteiger partial charge < -0.3 is 10.1 Å². The van der Waals surface area contributed by atoms with E-state index >= 15 is 0 Å². The van der Waals surface area contributed by atoms with E-state index in [1.165, 1.54) is 11.8 Å². The number of ether oxygens (including phenoxy) is 1. The van der Waals surface area contributed by atoms with Gasteiger partial charge >= 0.3 is 0 Å². The van der Waals surface area contributed by atoms with Crippen LogP contribution in [0.25, 0.3) is 0 Å². The second kappa shape index (κ2) is 10.7. The molecule has 3 aromatic carbocycles. The first-order valence-electron chi connectivity index (χ1n) is 9.95. The number of nitrogens with one attached hydrogen (secondary N) is 2. The fraction of sp³-hybridized carbons (Fsp3) is 0.160. The Morgan fingerprint density at radius 3 is 2.35 bits per heavy atom. The predicted molar refractivity (Wildman–Crippen MR) is 122 cm³/mol. The van der Waals surface area contributed by atoms with Gasteiger partial charge in [-0.05, 0) is 61.4 Å². The minimum absolute atomic E-state index is 0.309. The van der Waals surface area contributed by atoms with E-state index in [4.69, 9.17) is 4.74 Å². The Hall–Kier alpha value is -3.93. The Morgan fingerprint density at radius 2 is 1.65 bits per heavy atom. The Morgan fingerprint density at radius 1 is 0.903 bits per heavy atom. The smallest absolute Gasteiger partial charge is 0.249 e. The second-order valence-electron chi connectivity index (χ2n) is 7.23. The zero-order valence-electron chi connectivity index (χ0n) is 17.6. The van der Waals surface area contributed by atoms with E-state index in [0.29, 0.717) is 12.3 Å². The molecule has 0 saturated heterocycles. The summed E-state index contributed by atoms with van der Waals surface area (Å²) in [6.07, 6.45) is 1.21. The van der Waals surface area contributed by atoms with Crippen LogP contribution >= 0.6 is 0 Å². The van der Waals surface area contributed by atoms with Crippen molar-refractivity contribution in [1.29, 1.82) is 0 Å². The number of carbonyl (C=O) groups is 2. The number of anilines is 1. The van der Waals surface area contributed by atoms with Crippen molar-refractivity contribution in [2.75, 3.05) is 5.32 Å². The van der Waals surface area contributed by atoms with Crippen molar-refractivity contribution in [2.45, 2.75) is 26.9 Å². The fourth-order valence-electron chi connectivity index (χ4n) is 2.82. The predicted octanol–water partition coefficient (Wildman–Crippen LogP) is 4.36. The largest absolute Gasteiger partial charge is 0.489 e. The first kappa shape index (κ1) is 21.8. The fourth-order valence-corrected chi connectivity index (χ4v) is 2.82. The summed E-state index contributed by atoms with van der Waals surface area (Å²) in [5.41, 5.74) is 7.21. The number of amides is 2. The van der Waals surface area contributed by atoms with E-state index in [1.807, 2.05) is 68.4 Å². The first-order chi connectivity index (χ1) is 15.0. The molecule has 0 aromatic heterocycles. The lowest BCUT2D eigenvalue weighted by atomic mass is 10.1. The van der Waals surface area contributed by atoms with Crippen LogP contribution in [-0.2, 0) is 16.2 Å². The topological polar surface area (TPSA) is 79.8 Å². The van der Waals surface area contributed by atoms with Crippen LogP contribution < -0.4 is 15.5 Å². The molecule has 158 valence electrons. The van der Waals surface area contributed by atoms with E-state index in [9.17, 15) is 9.59 Å². The van der Waals surface area contributed by atoms with E-state index in [0.717, 1.165) is 22.4 Å². The van der Waals surface area contributed by atoms with Crippen LogP contribution in [0.5, 0.6) is 5.75 Å². The van der Waals surface area contributed by atoms with Gasteiger partial charge in [-0.25, -0.2) is 5.43 Å². The lowest BCUT2D eigenvalue weighted by molar-refractivity contribution is -0.126. The molecule has 0 fully saturated rings. The maximum absolute atomic E-state index is 11.9. The molecule has 6 heteroatoms. The Kier molecular flexibility index (Phi) is 7.54. The van der Waals surface area contributed by atoms with Crippen molar-refractivity contribution in [3.8, 4) is 5.75 Å². The van der Waals surface area contributed by atoms with Gasteiger partial charge in [-0.1, -0.05) is 47.5 Å². The molecule has 2 amide bonds. The van der Waals surface area contributed by atoms with E-state index in [-0.39, 0.29) is 6.42 Å². The van der Waals surface area contributed by atoms with Crippen LogP contribution in [0.3, 0.4) is 0 Å². The molecular formula is C25H25N3O3. The van der Waals surface area contributed by atoms with Crippen LogP contribution in [0.15, 0.2) is 77.9 Å². The third-order valence-electron chi connectivity index (χ3n) is 4.43. The summed E-state index contributed by atoms with van der Waals surface area (Å²) in [6, 6.07) is 22.9. The average molecular weight is 415 g/mol. The Bertz CT molecular complexity index is 1060. The van der Waals surface area contributed by atoms with E-state index < -0.39 is 11.8 Å². The molecule has 31 heavy (non-hydrogen) atoms. The monoisotopic (exact) mass is 415 g/mol. The minimum atomic E-state index is -0.487. The molecule has 0 saturated carbocycles. The molecule has 3 rings (SSSR count). The van der Waals surface area contributed by atoms with Crippen LogP contribution in [0.1, 0.15) is 28.7 Å². The van der Waals surface area contributed by atoms with Gasteiger partial charge in [-0.3, -0.25) is 9.59 Å². The van der Waals surface area contributed by atoms with Crippen molar-refractivity contribution in [3.63, 3.8) is 0 Å². The van der Waals surface area contributed by atoms with Crippen molar-refractivity contribution >= 4 is 23.7 Å². The quantitative estimate of drug-likeness (QED) is 0.326. The highest BCUT2D eigenvalue weighted by atomic mass is 16.5. The number of benzene rings is 3. The lowest BCUT2D eigenvalue weighted by Crippen LogP contribution is -2.24. The van der Waals surface area contributed by atoms with Crippen molar-refractivity contribution in [2.24, 2.45) is 5.10 Å². The van der Waals surface area contributed by atoms with Crippen LogP contribution in [0.2, 0.25) is 0 Å². The van der Waals surface area contributed by atoms with Gasteiger partial charge in [0.25, 0.3) is 0 Å². The highest BCUT2D eigenvalue weighted by Crippen LogP contribution is 2.14. The molecule has 2 N–H and O–H groups in total. The van der Waals surface area contributed by atoms with Gasteiger partial charge in [-0.15, -0.1) is 0 Å². The Balaban J connectivity index is 1.42. The standard InChI is InChI=1S/C25H25N3O3/c1-18-6-10-22(11-7-18)27-24(29)15-25(30)28-26-16-20-8-12-23(13-9-20)31-17-21-5-3-4-19(2)14-21/h3-14,16H,15,17H2,1-2H3,(H,27,29)(H,28,30). The van der Waals surface area contributed by atoms with Gasteiger partial charge in [0.15, 0.2) is 0 Å². The SMILES string of the molecule is Cc1ccc(NC(=O)CC(=O)NN=Cc2ccc(OCc3cccc(C)c3)cc2)cc1. The second-order valence-corrected chi connectivity index (χ2v) is 7.23. The zero-order chi connectivity index (χ0) is 22.1. The number of carbonyl (C=O) groups excluding carboxylic acids is 2. The summed E-state index contributed by atoms with van der Waals surface area (Å²) in [7, 11) is 0. The molecule has 0 unspecified atom stereocenters. The molecule has 0 radical (unpaired) electrons. The maximum atomic E-state index is 11.9. The summed E-state index contributed by atoms with van der Waals surface area (Å²) in [6.45, 7) is 4.51. The third-order valence-corrected chi connectivity index (χ3v) is 4.43.